The van der Waals surface area contributed by atoms with Crippen LogP contribution in [0, 0.1) is 0 Å². The Morgan fingerprint density at radius 3 is 2.57 bits per heavy atom. The van der Waals surface area contributed by atoms with E-state index < -0.39 is 0 Å². The number of halogens is 1. The Labute approximate surface area is 169 Å². The SMILES string of the molecule is Nc1ccccc1NC(=O)c1ccc(Cn2c(=O)[nH]c3cc(Br)ccc32)cc1. The number of amides is 1. The summed E-state index contributed by atoms with van der Waals surface area (Å²) in [6.07, 6.45) is 0. The van der Waals surface area contributed by atoms with Gasteiger partial charge < -0.3 is 16.0 Å². The number of hydrogen-bond acceptors (Lipinski definition) is 3. The first kappa shape index (κ1) is 18.1. The standard InChI is InChI=1S/C21H17BrN4O2/c22-15-9-10-19-18(11-15)25-21(28)26(19)12-13-5-7-14(8-6-13)20(27)24-17-4-2-1-3-16(17)23/h1-11H,12,23H2,(H,24,27)(H,25,28). The number of rotatable bonds is 4. The molecule has 1 aromatic heterocycles. The lowest BCUT2D eigenvalue weighted by atomic mass is 10.1. The number of imidazole rings is 1. The molecule has 0 aliphatic rings. The van der Waals surface area contributed by atoms with E-state index in [1.165, 1.54) is 0 Å². The average Bonchev–Trinajstić information content (AvgIpc) is 2.98. The highest BCUT2D eigenvalue weighted by Crippen LogP contribution is 2.19. The molecule has 0 saturated carbocycles. The van der Waals surface area contributed by atoms with Gasteiger partial charge in [-0.15, -0.1) is 0 Å². The molecule has 4 rings (SSSR count). The Balaban J connectivity index is 1.54. The summed E-state index contributed by atoms with van der Waals surface area (Å²) in [7, 11) is 0. The van der Waals surface area contributed by atoms with Crippen molar-refractivity contribution < 1.29 is 4.79 Å². The summed E-state index contributed by atoms with van der Waals surface area (Å²) in [5.41, 5.74) is 9.82. The molecule has 0 aliphatic heterocycles. The van der Waals surface area contributed by atoms with E-state index in [0.717, 1.165) is 21.1 Å². The largest absolute Gasteiger partial charge is 0.397 e. The van der Waals surface area contributed by atoms with Crippen LogP contribution in [0.1, 0.15) is 15.9 Å². The van der Waals surface area contributed by atoms with Gasteiger partial charge in [-0.25, -0.2) is 4.79 Å². The first-order chi connectivity index (χ1) is 13.5. The maximum absolute atomic E-state index is 12.4. The monoisotopic (exact) mass is 436 g/mol. The first-order valence-electron chi connectivity index (χ1n) is 8.64. The van der Waals surface area contributed by atoms with Crippen LogP contribution in [0.4, 0.5) is 11.4 Å². The highest BCUT2D eigenvalue weighted by atomic mass is 79.9. The number of hydrogen-bond donors (Lipinski definition) is 3. The van der Waals surface area contributed by atoms with Crippen molar-refractivity contribution in [2.75, 3.05) is 11.1 Å². The minimum Gasteiger partial charge on any atom is -0.397 e. The van der Waals surface area contributed by atoms with E-state index in [4.69, 9.17) is 5.73 Å². The molecule has 0 fully saturated rings. The van der Waals surface area contributed by atoms with Crippen LogP contribution >= 0.6 is 15.9 Å². The molecular formula is C21H17BrN4O2. The average molecular weight is 437 g/mol. The summed E-state index contributed by atoms with van der Waals surface area (Å²) in [5, 5.41) is 2.80. The second kappa shape index (κ2) is 7.36. The number of para-hydroxylation sites is 2. The molecule has 0 radical (unpaired) electrons. The molecule has 0 spiro atoms. The molecule has 0 atom stereocenters. The molecule has 4 N–H and O–H groups in total. The quantitative estimate of drug-likeness (QED) is 0.422. The second-order valence-electron chi connectivity index (χ2n) is 6.42. The predicted molar refractivity (Wildman–Crippen MR) is 115 cm³/mol. The molecule has 3 aromatic carbocycles. The van der Waals surface area contributed by atoms with Gasteiger partial charge in [0.05, 0.1) is 29.0 Å². The Hall–Kier alpha value is -3.32. The van der Waals surface area contributed by atoms with Gasteiger partial charge >= 0.3 is 5.69 Å². The van der Waals surface area contributed by atoms with Gasteiger partial charge in [0.15, 0.2) is 0 Å². The van der Waals surface area contributed by atoms with Crippen molar-refractivity contribution in [3.63, 3.8) is 0 Å². The molecule has 6 nitrogen and oxygen atoms in total. The van der Waals surface area contributed by atoms with E-state index in [1.807, 2.05) is 42.5 Å². The summed E-state index contributed by atoms with van der Waals surface area (Å²) < 4.78 is 2.57. The van der Waals surface area contributed by atoms with Crippen LogP contribution in [0.2, 0.25) is 0 Å². The minimum atomic E-state index is -0.237. The van der Waals surface area contributed by atoms with E-state index in [-0.39, 0.29) is 11.6 Å². The van der Waals surface area contributed by atoms with Gasteiger partial charge in [0, 0.05) is 10.0 Å². The normalized spacial score (nSPS) is 10.9. The first-order valence-corrected chi connectivity index (χ1v) is 9.43. The van der Waals surface area contributed by atoms with E-state index in [9.17, 15) is 9.59 Å². The van der Waals surface area contributed by atoms with Gasteiger partial charge in [-0.1, -0.05) is 40.2 Å². The molecule has 28 heavy (non-hydrogen) atoms. The van der Waals surface area contributed by atoms with E-state index >= 15 is 0 Å². The number of H-pyrrole nitrogens is 1. The third-order valence-electron chi connectivity index (χ3n) is 4.50. The van der Waals surface area contributed by atoms with Gasteiger partial charge in [-0.3, -0.25) is 9.36 Å². The van der Waals surface area contributed by atoms with Crippen molar-refractivity contribution in [1.82, 2.24) is 9.55 Å². The summed E-state index contributed by atoms with van der Waals surface area (Å²) in [6, 6.07) is 19.9. The summed E-state index contributed by atoms with van der Waals surface area (Å²) in [5.74, 6) is -0.237. The van der Waals surface area contributed by atoms with E-state index in [1.54, 1.807) is 28.8 Å². The molecule has 7 heteroatoms. The van der Waals surface area contributed by atoms with Crippen molar-refractivity contribution in [3.05, 3.63) is 92.8 Å². The third-order valence-corrected chi connectivity index (χ3v) is 5.00. The van der Waals surface area contributed by atoms with Gasteiger partial charge in [0.2, 0.25) is 0 Å². The van der Waals surface area contributed by atoms with Crippen LogP contribution in [0.3, 0.4) is 0 Å². The van der Waals surface area contributed by atoms with Gasteiger partial charge in [0.1, 0.15) is 0 Å². The van der Waals surface area contributed by atoms with E-state index in [0.29, 0.717) is 23.5 Å². The maximum Gasteiger partial charge on any atom is 0.326 e. The number of carbonyl (C=O) groups is 1. The number of anilines is 2. The zero-order chi connectivity index (χ0) is 19.7. The highest BCUT2D eigenvalue weighted by molar-refractivity contribution is 9.10. The van der Waals surface area contributed by atoms with Crippen LogP contribution in [-0.4, -0.2) is 15.5 Å². The van der Waals surface area contributed by atoms with Crippen molar-refractivity contribution in [2.24, 2.45) is 0 Å². The van der Waals surface area contributed by atoms with Crippen molar-refractivity contribution >= 4 is 44.2 Å². The van der Waals surface area contributed by atoms with Gasteiger partial charge in [-0.2, -0.15) is 0 Å². The van der Waals surface area contributed by atoms with Crippen LogP contribution < -0.4 is 16.7 Å². The number of aromatic nitrogens is 2. The third kappa shape index (κ3) is 3.57. The highest BCUT2D eigenvalue weighted by Gasteiger charge is 2.10. The fourth-order valence-corrected chi connectivity index (χ4v) is 3.40. The zero-order valence-corrected chi connectivity index (χ0v) is 16.4. The maximum atomic E-state index is 12.4. The molecular weight excluding hydrogens is 420 g/mol. The lowest BCUT2D eigenvalue weighted by molar-refractivity contribution is 0.102. The van der Waals surface area contributed by atoms with Crippen molar-refractivity contribution in [1.29, 1.82) is 0 Å². The molecule has 4 aromatic rings. The molecule has 1 amide bonds. The van der Waals surface area contributed by atoms with Crippen molar-refractivity contribution in [2.45, 2.75) is 6.54 Å². The number of aromatic amines is 1. The number of benzene rings is 3. The second-order valence-corrected chi connectivity index (χ2v) is 7.33. The number of nitrogens with one attached hydrogen (secondary N) is 2. The summed E-state index contributed by atoms with van der Waals surface area (Å²) >= 11 is 3.41. The predicted octanol–water partition coefficient (Wildman–Crippen LogP) is 3.97. The summed E-state index contributed by atoms with van der Waals surface area (Å²) in [4.78, 5) is 27.6. The van der Waals surface area contributed by atoms with Crippen LogP contribution in [0.25, 0.3) is 11.0 Å². The van der Waals surface area contributed by atoms with Gasteiger partial charge in [-0.05, 0) is 48.0 Å². The topological polar surface area (TPSA) is 92.9 Å². The lowest BCUT2D eigenvalue weighted by Crippen LogP contribution is -2.17. The Morgan fingerprint density at radius 1 is 1.07 bits per heavy atom. The lowest BCUT2D eigenvalue weighted by Gasteiger charge is -2.09. The van der Waals surface area contributed by atoms with Crippen LogP contribution in [0.15, 0.2) is 76.0 Å². The fourth-order valence-electron chi connectivity index (χ4n) is 3.04. The number of carbonyl (C=O) groups excluding carboxylic acids is 1. The summed E-state index contributed by atoms with van der Waals surface area (Å²) in [6.45, 7) is 0.411. The molecule has 1 heterocycles. The fraction of sp³-hybridized carbons (Fsp3) is 0.0476. The molecule has 0 bridgehead atoms. The molecule has 140 valence electrons. The number of nitrogens with two attached hydrogens (primary N) is 1. The Bertz CT molecular complexity index is 1230. The Kier molecular flexibility index (Phi) is 4.75. The smallest absolute Gasteiger partial charge is 0.326 e. The molecule has 0 saturated heterocycles. The van der Waals surface area contributed by atoms with E-state index in [2.05, 4.69) is 26.2 Å². The van der Waals surface area contributed by atoms with Gasteiger partial charge in [0.25, 0.3) is 5.91 Å². The number of nitrogens with zero attached hydrogens (tertiary/aromatic N) is 1. The van der Waals surface area contributed by atoms with Crippen molar-refractivity contribution in [3.8, 4) is 0 Å². The zero-order valence-electron chi connectivity index (χ0n) is 14.8. The van der Waals surface area contributed by atoms with Crippen LogP contribution in [0.5, 0.6) is 0 Å². The molecule has 0 aliphatic carbocycles. The molecule has 0 unspecified atom stereocenters. The number of nitrogen functional groups attached to an aromatic ring is 1. The Morgan fingerprint density at radius 2 is 1.82 bits per heavy atom. The minimum absolute atomic E-state index is 0.172. The van der Waals surface area contributed by atoms with Crippen LogP contribution in [-0.2, 0) is 6.54 Å². The number of fused-ring (bicyclic) bond motifs is 1.